The fourth-order valence-corrected chi connectivity index (χ4v) is 2.19. The van der Waals surface area contributed by atoms with Crippen molar-refractivity contribution in [3.8, 4) is 11.5 Å². The molecule has 0 bridgehead atoms. The van der Waals surface area contributed by atoms with Gasteiger partial charge in [-0.2, -0.15) is 0 Å². The zero-order chi connectivity index (χ0) is 16.5. The highest BCUT2D eigenvalue weighted by Gasteiger charge is 2.05. The van der Waals surface area contributed by atoms with Gasteiger partial charge in [-0.05, 0) is 31.5 Å². The Morgan fingerprint density at radius 3 is 2.57 bits per heavy atom. The quantitative estimate of drug-likeness (QED) is 0.759. The smallest absolute Gasteiger partial charge is 0.220 e. The van der Waals surface area contributed by atoms with Crippen molar-refractivity contribution in [2.24, 2.45) is 0 Å². The third-order valence-electron chi connectivity index (χ3n) is 3.51. The maximum atomic E-state index is 11.9. The summed E-state index contributed by atoms with van der Waals surface area (Å²) in [5, 5.41) is 2.91. The van der Waals surface area contributed by atoms with Crippen LogP contribution in [-0.2, 0) is 11.3 Å². The van der Waals surface area contributed by atoms with E-state index < -0.39 is 0 Å². The van der Waals surface area contributed by atoms with Crippen molar-refractivity contribution in [1.82, 2.24) is 5.32 Å². The molecule has 0 unspecified atom stereocenters. The molecule has 0 aliphatic carbocycles. The molecule has 1 N–H and O–H groups in total. The SMILES string of the molecule is COc1ccccc1CNC(=O)CCCOc1ccc(C)cc1. The third kappa shape index (κ3) is 5.66. The maximum Gasteiger partial charge on any atom is 0.220 e. The lowest BCUT2D eigenvalue weighted by atomic mass is 10.2. The lowest BCUT2D eigenvalue weighted by Crippen LogP contribution is -2.23. The highest BCUT2D eigenvalue weighted by Crippen LogP contribution is 2.16. The molecule has 0 fully saturated rings. The Balaban J connectivity index is 1.66. The molecular weight excluding hydrogens is 290 g/mol. The molecule has 0 aromatic heterocycles. The average Bonchev–Trinajstić information content (AvgIpc) is 2.58. The molecule has 0 saturated carbocycles. The van der Waals surface area contributed by atoms with Gasteiger partial charge in [0.2, 0.25) is 5.91 Å². The van der Waals surface area contributed by atoms with Crippen LogP contribution in [0.3, 0.4) is 0 Å². The molecule has 0 aliphatic heterocycles. The Labute approximate surface area is 137 Å². The van der Waals surface area contributed by atoms with E-state index in [4.69, 9.17) is 9.47 Å². The second-order valence-electron chi connectivity index (χ2n) is 5.35. The van der Waals surface area contributed by atoms with E-state index in [1.165, 1.54) is 5.56 Å². The second kappa shape index (κ2) is 8.83. The molecule has 23 heavy (non-hydrogen) atoms. The van der Waals surface area contributed by atoms with Crippen LogP contribution in [-0.4, -0.2) is 19.6 Å². The van der Waals surface area contributed by atoms with Gasteiger partial charge < -0.3 is 14.8 Å². The Morgan fingerprint density at radius 2 is 1.83 bits per heavy atom. The maximum absolute atomic E-state index is 11.9. The van der Waals surface area contributed by atoms with Crippen LogP contribution in [0, 0.1) is 6.92 Å². The number of hydrogen-bond acceptors (Lipinski definition) is 3. The Hall–Kier alpha value is -2.49. The molecular formula is C19H23NO3. The number of hydrogen-bond donors (Lipinski definition) is 1. The second-order valence-corrected chi connectivity index (χ2v) is 5.35. The van der Waals surface area contributed by atoms with Crippen molar-refractivity contribution in [2.75, 3.05) is 13.7 Å². The minimum Gasteiger partial charge on any atom is -0.496 e. The van der Waals surface area contributed by atoms with Gasteiger partial charge in [0.1, 0.15) is 11.5 Å². The van der Waals surface area contributed by atoms with Crippen LogP contribution < -0.4 is 14.8 Å². The molecule has 4 nitrogen and oxygen atoms in total. The Kier molecular flexibility index (Phi) is 6.48. The molecule has 2 aromatic rings. The van der Waals surface area contributed by atoms with Gasteiger partial charge in [0.05, 0.1) is 13.7 Å². The lowest BCUT2D eigenvalue weighted by Gasteiger charge is -2.10. The van der Waals surface area contributed by atoms with Gasteiger partial charge in [0, 0.05) is 18.5 Å². The van der Waals surface area contributed by atoms with E-state index in [1.807, 2.05) is 55.5 Å². The van der Waals surface area contributed by atoms with E-state index >= 15 is 0 Å². The van der Waals surface area contributed by atoms with Crippen molar-refractivity contribution in [3.05, 3.63) is 59.7 Å². The van der Waals surface area contributed by atoms with E-state index in [0.717, 1.165) is 17.1 Å². The molecule has 0 aliphatic rings. The molecule has 2 aromatic carbocycles. The van der Waals surface area contributed by atoms with Crippen molar-refractivity contribution < 1.29 is 14.3 Å². The first-order valence-electron chi connectivity index (χ1n) is 7.77. The molecule has 0 saturated heterocycles. The first kappa shape index (κ1) is 16.9. The lowest BCUT2D eigenvalue weighted by molar-refractivity contribution is -0.121. The topological polar surface area (TPSA) is 47.6 Å². The fourth-order valence-electron chi connectivity index (χ4n) is 2.19. The average molecular weight is 313 g/mol. The fraction of sp³-hybridized carbons (Fsp3) is 0.316. The number of para-hydroxylation sites is 1. The summed E-state index contributed by atoms with van der Waals surface area (Å²) < 4.78 is 10.9. The summed E-state index contributed by atoms with van der Waals surface area (Å²) >= 11 is 0. The first-order chi connectivity index (χ1) is 11.2. The van der Waals surface area contributed by atoms with Crippen LogP contribution >= 0.6 is 0 Å². The molecule has 4 heteroatoms. The molecule has 122 valence electrons. The Bertz CT molecular complexity index is 623. The van der Waals surface area contributed by atoms with Crippen molar-refractivity contribution >= 4 is 5.91 Å². The van der Waals surface area contributed by atoms with E-state index in [1.54, 1.807) is 7.11 Å². The summed E-state index contributed by atoms with van der Waals surface area (Å²) in [6, 6.07) is 15.6. The standard InChI is InChI=1S/C19H23NO3/c1-15-9-11-17(12-10-15)23-13-5-8-19(21)20-14-16-6-3-4-7-18(16)22-2/h3-4,6-7,9-12H,5,8,13-14H2,1-2H3,(H,20,21). The van der Waals surface area contributed by atoms with Gasteiger partial charge in [-0.3, -0.25) is 4.79 Å². The van der Waals surface area contributed by atoms with Crippen LogP contribution in [0.4, 0.5) is 0 Å². The molecule has 0 radical (unpaired) electrons. The molecule has 0 atom stereocenters. The zero-order valence-corrected chi connectivity index (χ0v) is 13.7. The summed E-state index contributed by atoms with van der Waals surface area (Å²) in [6.45, 7) is 3.04. The normalized spacial score (nSPS) is 10.2. The number of benzene rings is 2. The van der Waals surface area contributed by atoms with E-state index in [0.29, 0.717) is 26.0 Å². The zero-order valence-electron chi connectivity index (χ0n) is 13.7. The molecule has 0 heterocycles. The summed E-state index contributed by atoms with van der Waals surface area (Å²) in [5.41, 5.74) is 2.17. The van der Waals surface area contributed by atoms with Gasteiger partial charge in [0.15, 0.2) is 0 Å². The van der Waals surface area contributed by atoms with Crippen LogP contribution in [0.15, 0.2) is 48.5 Å². The predicted molar refractivity (Wildman–Crippen MR) is 90.7 cm³/mol. The van der Waals surface area contributed by atoms with E-state index in [9.17, 15) is 4.79 Å². The number of aryl methyl sites for hydroxylation is 1. The summed E-state index contributed by atoms with van der Waals surface area (Å²) in [4.78, 5) is 11.9. The van der Waals surface area contributed by atoms with E-state index in [2.05, 4.69) is 5.32 Å². The van der Waals surface area contributed by atoms with Crippen LogP contribution in [0.5, 0.6) is 11.5 Å². The van der Waals surface area contributed by atoms with E-state index in [-0.39, 0.29) is 5.91 Å². The minimum atomic E-state index is 0.0170. The third-order valence-corrected chi connectivity index (χ3v) is 3.51. The minimum absolute atomic E-state index is 0.0170. The monoisotopic (exact) mass is 313 g/mol. The summed E-state index contributed by atoms with van der Waals surface area (Å²) in [5.74, 6) is 1.64. The van der Waals surface area contributed by atoms with Crippen molar-refractivity contribution in [3.63, 3.8) is 0 Å². The number of carbonyl (C=O) groups is 1. The molecule has 1 amide bonds. The number of methoxy groups -OCH3 is 1. The van der Waals surface area contributed by atoms with Gasteiger partial charge in [0.25, 0.3) is 0 Å². The number of carbonyl (C=O) groups excluding carboxylic acids is 1. The van der Waals surface area contributed by atoms with Crippen LogP contribution in [0.25, 0.3) is 0 Å². The first-order valence-corrected chi connectivity index (χ1v) is 7.77. The molecule has 2 rings (SSSR count). The summed E-state index contributed by atoms with van der Waals surface area (Å²) in [6.07, 6.45) is 1.13. The number of amides is 1. The Morgan fingerprint density at radius 1 is 1.09 bits per heavy atom. The highest BCUT2D eigenvalue weighted by molar-refractivity contribution is 5.75. The number of ether oxygens (including phenoxy) is 2. The van der Waals surface area contributed by atoms with Crippen molar-refractivity contribution in [1.29, 1.82) is 0 Å². The van der Waals surface area contributed by atoms with Gasteiger partial charge in [-0.15, -0.1) is 0 Å². The number of rotatable bonds is 8. The predicted octanol–water partition coefficient (Wildman–Crippen LogP) is 3.48. The molecule has 0 spiro atoms. The summed E-state index contributed by atoms with van der Waals surface area (Å²) in [7, 11) is 1.63. The largest absolute Gasteiger partial charge is 0.496 e. The van der Waals surface area contributed by atoms with Gasteiger partial charge in [-0.1, -0.05) is 35.9 Å². The van der Waals surface area contributed by atoms with Gasteiger partial charge >= 0.3 is 0 Å². The van der Waals surface area contributed by atoms with Crippen LogP contribution in [0.2, 0.25) is 0 Å². The van der Waals surface area contributed by atoms with Crippen molar-refractivity contribution in [2.45, 2.75) is 26.3 Å². The highest BCUT2D eigenvalue weighted by atomic mass is 16.5. The van der Waals surface area contributed by atoms with Gasteiger partial charge in [-0.25, -0.2) is 0 Å². The number of nitrogens with one attached hydrogen (secondary N) is 1. The van der Waals surface area contributed by atoms with Crippen LogP contribution in [0.1, 0.15) is 24.0 Å².